The Bertz CT molecular complexity index is 778. The first-order valence-electron chi connectivity index (χ1n) is 7.40. The molecule has 0 spiro atoms. The minimum Gasteiger partial charge on any atom is -0.337 e. The van der Waals surface area contributed by atoms with Gasteiger partial charge in [-0.05, 0) is 24.3 Å². The van der Waals surface area contributed by atoms with Crippen LogP contribution in [0.1, 0.15) is 0 Å². The monoisotopic (exact) mass is 356 g/mol. The van der Waals surface area contributed by atoms with Gasteiger partial charge in [0.05, 0.1) is 5.69 Å². The smallest absolute Gasteiger partial charge is 0.321 e. The summed E-state index contributed by atoms with van der Waals surface area (Å²) in [5, 5.41) is 8.06. The summed E-state index contributed by atoms with van der Waals surface area (Å²) in [4.78, 5) is 21.6. The highest BCUT2D eigenvalue weighted by Gasteiger charge is 2.07. The second-order valence-corrected chi connectivity index (χ2v) is 6.85. The SMILES string of the molecule is O=C(NCCSc1ccccc1)Nc1nc(-c2cccnc2)cs1. The first kappa shape index (κ1) is 16.5. The summed E-state index contributed by atoms with van der Waals surface area (Å²) in [6.45, 7) is 0.590. The molecule has 0 aliphatic carbocycles. The van der Waals surface area contributed by atoms with Crippen LogP contribution in [0.2, 0.25) is 0 Å². The van der Waals surface area contributed by atoms with Crippen molar-refractivity contribution in [1.29, 1.82) is 0 Å². The molecule has 5 nitrogen and oxygen atoms in total. The number of thioether (sulfide) groups is 1. The van der Waals surface area contributed by atoms with E-state index in [0.29, 0.717) is 11.7 Å². The number of hydrogen-bond donors (Lipinski definition) is 2. The molecule has 24 heavy (non-hydrogen) atoms. The molecule has 122 valence electrons. The van der Waals surface area contributed by atoms with Crippen molar-refractivity contribution < 1.29 is 4.79 Å². The van der Waals surface area contributed by atoms with Gasteiger partial charge in [-0.25, -0.2) is 9.78 Å². The van der Waals surface area contributed by atoms with E-state index in [1.165, 1.54) is 16.2 Å². The molecule has 2 N–H and O–H groups in total. The van der Waals surface area contributed by atoms with Gasteiger partial charge in [-0.15, -0.1) is 23.1 Å². The lowest BCUT2D eigenvalue weighted by atomic mass is 10.2. The summed E-state index contributed by atoms with van der Waals surface area (Å²) in [7, 11) is 0. The van der Waals surface area contributed by atoms with E-state index in [-0.39, 0.29) is 6.03 Å². The number of anilines is 1. The molecule has 7 heteroatoms. The highest BCUT2D eigenvalue weighted by molar-refractivity contribution is 7.99. The topological polar surface area (TPSA) is 66.9 Å². The van der Waals surface area contributed by atoms with Gasteiger partial charge in [0.15, 0.2) is 5.13 Å². The summed E-state index contributed by atoms with van der Waals surface area (Å²) in [6, 6.07) is 13.7. The predicted octanol–water partition coefficient (Wildman–Crippen LogP) is 4.12. The van der Waals surface area contributed by atoms with Gasteiger partial charge >= 0.3 is 6.03 Å². The minimum absolute atomic E-state index is 0.240. The number of hydrogen-bond acceptors (Lipinski definition) is 5. The van der Waals surface area contributed by atoms with Crippen molar-refractivity contribution >= 4 is 34.3 Å². The van der Waals surface area contributed by atoms with Crippen LogP contribution in [0.15, 0.2) is 65.1 Å². The van der Waals surface area contributed by atoms with Crippen LogP contribution in [0.25, 0.3) is 11.3 Å². The third kappa shape index (κ3) is 4.81. The van der Waals surface area contributed by atoms with Crippen LogP contribution in [-0.2, 0) is 0 Å². The lowest BCUT2D eigenvalue weighted by Gasteiger charge is -2.05. The first-order valence-corrected chi connectivity index (χ1v) is 9.26. The van der Waals surface area contributed by atoms with Crippen LogP contribution in [0.3, 0.4) is 0 Å². The van der Waals surface area contributed by atoms with E-state index >= 15 is 0 Å². The van der Waals surface area contributed by atoms with Gasteiger partial charge in [0.25, 0.3) is 0 Å². The van der Waals surface area contributed by atoms with Crippen molar-refractivity contribution in [2.75, 3.05) is 17.6 Å². The van der Waals surface area contributed by atoms with Crippen molar-refractivity contribution in [3.05, 3.63) is 60.2 Å². The second-order valence-electron chi connectivity index (χ2n) is 4.82. The first-order chi connectivity index (χ1) is 11.8. The van der Waals surface area contributed by atoms with Gasteiger partial charge in [-0.2, -0.15) is 0 Å². The number of nitrogens with one attached hydrogen (secondary N) is 2. The van der Waals surface area contributed by atoms with E-state index in [1.54, 1.807) is 24.2 Å². The van der Waals surface area contributed by atoms with Gasteiger partial charge in [0.1, 0.15) is 0 Å². The summed E-state index contributed by atoms with van der Waals surface area (Å²) in [5.41, 5.74) is 1.74. The Kier molecular flexibility index (Phi) is 5.81. The molecule has 2 amide bonds. The highest BCUT2D eigenvalue weighted by Crippen LogP contribution is 2.23. The van der Waals surface area contributed by atoms with Crippen molar-refractivity contribution in [1.82, 2.24) is 15.3 Å². The number of nitrogens with zero attached hydrogens (tertiary/aromatic N) is 2. The maximum atomic E-state index is 11.9. The van der Waals surface area contributed by atoms with Crippen molar-refractivity contribution in [3.63, 3.8) is 0 Å². The third-order valence-electron chi connectivity index (χ3n) is 3.08. The number of urea groups is 1. The van der Waals surface area contributed by atoms with E-state index in [2.05, 4.69) is 32.7 Å². The number of benzene rings is 1. The normalized spacial score (nSPS) is 10.3. The van der Waals surface area contributed by atoms with Gasteiger partial charge in [0, 0.05) is 40.5 Å². The molecule has 0 saturated heterocycles. The summed E-state index contributed by atoms with van der Waals surface area (Å²) < 4.78 is 0. The van der Waals surface area contributed by atoms with Crippen LogP contribution in [0, 0.1) is 0 Å². The largest absolute Gasteiger partial charge is 0.337 e. The Morgan fingerprint density at radius 1 is 1.17 bits per heavy atom. The summed E-state index contributed by atoms with van der Waals surface area (Å²) >= 11 is 3.10. The quantitative estimate of drug-likeness (QED) is 0.515. The zero-order valence-electron chi connectivity index (χ0n) is 12.8. The van der Waals surface area contributed by atoms with E-state index in [1.807, 2.05) is 35.7 Å². The maximum absolute atomic E-state index is 11.9. The van der Waals surface area contributed by atoms with E-state index in [0.717, 1.165) is 17.0 Å². The zero-order valence-corrected chi connectivity index (χ0v) is 14.4. The van der Waals surface area contributed by atoms with E-state index in [9.17, 15) is 4.79 Å². The van der Waals surface area contributed by atoms with Crippen molar-refractivity contribution in [3.8, 4) is 11.3 Å². The van der Waals surface area contributed by atoms with Gasteiger partial charge in [-0.3, -0.25) is 10.3 Å². The highest BCUT2D eigenvalue weighted by atomic mass is 32.2. The minimum atomic E-state index is -0.240. The van der Waals surface area contributed by atoms with Crippen LogP contribution in [0.4, 0.5) is 9.93 Å². The number of carbonyl (C=O) groups is 1. The molecule has 0 bridgehead atoms. The molecular formula is C17H16N4OS2. The zero-order chi connectivity index (χ0) is 16.6. The molecule has 0 atom stereocenters. The lowest BCUT2D eigenvalue weighted by molar-refractivity contribution is 0.252. The number of amides is 2. The fraction of sp³-hybridized carbons (Fsp3) is 0.118. The number of aromatic nitrogens is 2. The Hall–Kier alpha value is -2.38. The number of rotatable bonds is 6. The van der Waals surface area contributed by atoms with Crippen LogP contribution < -0.4 is 10.6 Å². The molecule has 2 heterocycles. The fourth-order valence-corrected chi connectivity index (χ4v) is 3.47. The Labute approximate surface area is 148 Å². The van der Waals surface area contributed by atoms with Crippen LogP contribution in [0.5, 0.6) is 0 Å². The summed E-state index contributed by atoms with van der Waals surface area (Å²) in [6.07, 6.45) is 3.47. The van der Waals surface area contributed by atoms with Gasteiger partial charge in [-0.1, -0.05) is 18.2 Å². The average molecular weight is 356 g/mol. The van der Waals surface area contributed by atoms with Crippen molar-refractivity contribution in [2.24, 2.45) is 0 Å². The average Bonchev–Trinajstić information content (AvgIpc) is 3.09. The Morgan fingerprint density at radius 2 is 2.04 bits per heavy atom. The van der Waals surface area contributed by atoms with E-state index < -0.39 is 0 Å². The molecule has 0 unspecified atom stereocenters. The Morgan fingerprint density at radius 3 is 2.83 bits per heavy atom. The Balaban J connectivity index is 1.43. The summed E-state index contributed by atoms with van der Waals surface area (Å²) in [5.74, 6) is 0.816. The fourth-order valence-electron chi connectivity index (χ4n) is 1.97. The molecule has 0 aliphatic heterocycles. The van der Waals surface area contributed by atoms with Gasteiger partial charge in [0.2, 0.25) is 0 Å². The number of thiazole rings is 1. The molecule has 0 radical (unpaired) electrons. The number of pyridine rings is 1. The predicted molar refractivity (Wildman–Crippen MR) is 99.5 cm³/mol. The molecular weight excluding hydrogens is 340 g/mol. The maximum Gasteiger partial charge on any atom is 0.321 e. The molecule has 3 rings (SSSR count). The standard InChI is InChI=1S/C17H16N4OS2/c22-16(19-9-10-23-14-6-2-1-3-7-14)21-17-20-15(12-24-17)13-5-4-8-18-11-13/h1-8,11-12H,9-10H2,(H2,19,20,21,22). The van der Waals surface area contributed by atoms with Crippen LogP contribution >= 0.6 is 23.1 Å². The molecule has 3 aromatic rings. The molecule has 0 aliphatic rings. The molecule has 0 saturated carbocycles. The van der Waals surface area contributed by atoms with Gasteiger partial charge < -0.3 is 5.32 Å². The second kappa shape index (κ2) is 8.47. The molecule has 0 fully saturated rings. The molecule has 2 aromatic heterocycles. The van der Waals surface area contributed by atoms with E-state index in [4.69, 9.17) is 0 Å². The van der Waals surface area contributed by atoms with Crippen LogP contribution in [-0.4, -0.2) is 28.3 Å². The third-order valence-corrected chi connectivity index (χ3v) is 4.85. The molecule has 1 aromatic carbocycles. The van der Waals surface area contributed by atoms with Crippen molar-refractivity contribution in [2.45, 2.75) is 4.90 Å². The lowest BCUT2D eigenvalue weighted by Crippen LogP contribution is -2.30. The number of carbonyl (C=O) groups excluding carboxylic acids is 1.